The monoisotopic (exact) mass is 290 g/mol. The molecule has 1 aliphatic rings. The van der Waals surface area contributed by atoms with E-state index in [1.54, 1.807) is 0 Å². The van der Waals surface area contributed by atoms with Gasteiger partial charge in [-0.2, -0.15) is 0 Å². The fourth-order valence-corrected chi connectivity index (χ4v) is 2.45. The van der Waals surface area contributed by atoms with Crippen LogP contribution in [0.5, 0.6) is 0 Å². The average molecular weight is 290 g/mol. The molecule has 0 spiro atoms. The smallest absolute Gasteiger partial charge is 0.315 e. The lowest BCUT2D eigenvalue weighted by Crippen LogP contribution is -2.42. The van der Waals surface area contributed by atoms with Crippen LogP contribution < -0.4 is 10.6 Å². The van der Waals surface area contributed by atoms with Crippen LogP contribution in [-0.4, -0.2) is 29.7 Å². The maximum atomic E-state index is 11.8. The number of urea groups is 1. The van der Waals surface area contributed by atoms with E-state index in [0.717, 1.165) is 6.42 Å². The summed E-state index contributed by atoms with van der Waals surface area (Å²) in [6, 6.07) is 9.93. The molecule has 1 aromatic carbocycles. The zero-order valence-electron chi connectivity index (χ0n) is 12.4. The number of carbonyl (C=O) groups excluding carboxylic acids is 1. The Labute approximate surface area is 124 Å². The lowest BCUT2D eigenvalue weighted by atomic mass is 9.96. The van der Waals surface area contributed by atoms with E-state index in [2.05, 4.69) is 22.8 Å². The van der Waals surface area contributed by atoms with Gasteiger partial charge in [0.05, 0.1) is 5.92 Å². The third-order valence-corrected chi connectivity index (χ3v) is 3.94. The van der Waals surface area contributed by atoms with Crippen LogP contribution in [0.4, 0.5) is 4.79 Å². The van der Waals surface area contributed by atoms with Crippen molar-refractivity contribution < 1.29 is 14.7 Å². The van der Waals surface area contributed by atoms with Crippen molar-refractivity contribution in [2.24, 2.45) is 11.8 Å². The standard InChI is InChI=1S/C16H22N2O3/c1-10(2)13(15(19)20)9-17-16(21)18-14-8-12(14)11-6-4-3-5-7-11/h3-7,10,12-14H,8-9H2,1-2H3,(H,19,20)(H2,17,18,21). The highest BCUT2D eigenvalue weighted by atomic mass is 16.4. The summed E-state index contributed by atoms with van der Waals surface area (Å²) < 4.78 is 0. The molecule has 1 saturated carbocycles. The highest BCUT2D eigenvalue weighted by Gasteiger charge is 2.39. The highest BCUT2D eigenvalue weighted by Crippen LogP contribution is 2.40. The van der Waals surface area contributed by atoms with Gasteiger partial charge in [-0.05, 0) is 17.9 Å². The molecule has 0 radical (unpaired) electrons. The Balaban J connectivity index is 1.75. The topological polar surface area (TPSA) is 78.4 Å². The number of aliphatic carboxylic acids is 1. The first kappa shape index (κ1) is 15.4. The predicted octanol–water partition coefficient (Wildman–Crippen LogP) is 2.20. The molecule has 1 aliphatic carbocycles. The summed E-state index contributed by atoms with van der Waals surface area (Å²) in [4.78, 5) is 22.9. The quantitative estimate of drug-likeness (QED) is 0.751. The minimum atomic E-state index is -0.876. The van der Waals surface area contributed by atoms with Gasteiger partial charge >= 0.3 is 12.0 Å². The molecule has 0 aromatic heterocycles. The number of rotatable bonds is 6. The van der Waals surface area contributed by atoms with Gasteiger partial charge in [0.15, 0.2) is 0 Å². The SMILES string of the molecule is CC(C)C(CNC(=O)NC1CC1c1ccccc1)C(=O)O. The second-order valence-corrected chi connectivity index (χ2v) is 5.90. The maximum absolute atomic E-state index is 11.8. The first-order chi connectivity index (χ1) is 9.99. The molecule has 5 heteroatoms. The van der Waals surface area contributed by atoms with Crippen molar-refractivity contribution in [1.29, 1.82) is 0 Å². The summed E-state index contributed by atoms with van der Waals surface area (Å²) in [6.07, 6.45) is 0.934. The first-order valence-corrected chi connectivity index (χ1v) is 7.31. The highest BCUT2D eigenvalue weighted by molar-refractivity contribution is 5.76. The van der Waals surface area contributed by atoms with Crippen LogP contribution in [0.25, 0.3) is 0 Å². The Morgan fingerprint density at radius 3 is 2.52 bits per heavy atom. The third-order valence-electron chi connectivity index (χ3n) is 3.94. The van der Waals surface area contributed by atoms with Gasteiger partial charge in [0.25, 0.3) is 0 Å². The molecular formula is C16H22N2O3. The fraction of sp³-hybridized carbons (Fsp3) is 0.500. The van der Waals surface area contributed by atoms with Crippen LogP contribution in [0.2, 0.25) is 0 Å². The van der Waals surface area contributed by atoms with Crippen molar-refractivity contribution in [1.82, 2.24) is 10.6 Å². The number of benzene rings is 1. The minimum absolute atomic E-state index is 0.0132. The number of hydrogen-bond donors (Lipinski definition) is 3. The van der Waals surface area contributed by atoms with Gasteiger partial charge in [-0.3, -0.25) is 4.79 Å². The van der Waals surface area contributed by atoms with Crippen molar-refractivity contribution in [3.63, 3.8) is 0 Å². The summed E-state index contributed by atoms with van der Waals surface area (Å²) in [5, 5.41) is 14.6. The van der Waals surface area contributed by atoms with E-state index in [-0.39, 0.29) is 24.5 Å². The molecular weight excluding hydrogens is 268 g/mol. The van der Waals surface area contributed by atoms with Crippen molar-refractivity contribution >= 4 is 12.0 Å². The molecule has 114 valence electrons. The summed E-state index contributed by atoms with van der Waals surface area (Å²) in [7, 11) is 0. The minimum Gasteiger partial charge on any atom is -0.481 e. The van der Waals surface area contributed by atoms with Gasteiger partial charge in [-0.25, -0.2) is 4.79 Å². The molecule has 0 aliphatic heterocycles. The second kappa shape index (κ2) is 6.61. The number of nitrogens with one attached hydrogen (secondary N) is 2. The van der Waals surface area contributed by atoms with Crippen LogP contribution in [0, 0.1) is 11.8 Å². The Bertz CT molecular complexity index is 502. The second-order valence-electron chi connectivity index (χ2n) is 5.90. The number of amides is 2. The lowest BCUT2D eigenvalue weighted by molar-refractivity contribution is -0.142. The molecule has 5 nitrogen and oxygen atoms in total. The van der Waals surface area contributed by atoms with E-state index in [1.165, 1.54) is 5.56 Å². The predicted molar refractivity (Wildman–Crippen MR) is 80.1 cm³/mol. The molecule has 21 heavy (non-hydrogen) atoms. The largest absolute Gasteiger partial charge is 0.481 e. The van der Waals surface area contributed by atoms with Gasteiger partial charge in [0.1, 0.15) is 0 Å². The fourth-order valence-electron chi connectivity index (χ4n) is 2.45. The van der Waals surface area contributed by atoms with E-state index in [4.69, 9.17) is 5.11 Å². The molecule has 0 saturated heterocycles. The van der Waals surface area contributed by atoms with Crippen molar-refractivity contribution in [2.75, 3.05) is 6.54 Å². The molecule has 1 fully saturated rings. The van der Waals surface area contributed by atoms with E-state index in [9.17, 15) is 9.59 Å². The Morgan fingerprint density at radius 1 is 1.29 bits per heavy atom. The van der Waals surface area contributed by atoms with Gasteiger partial charge in [-0.15, -0.1) is 0 Å². The summed E-state index contributed by atoms with van der Waals surface area (Å²) >= 11 is 0. The van der Waals surface area contributed by atoms with Gasteiger partial charge in [0.2, 0.25) is 0 Å². The molecule has 3 atom stereocenters. The van der Waals surface area contributed by atoms with Crippen LogP contribution in [0.15, 0.2) is 30.3 Å². The molecule has 3 unspecified atom stereocenters. The third kappa shape index (κ3) is 4.21. The number of carboxylic acids is 1. The van der Waals surface area contributed by atoms with Crippen LogP contribution in [-0.2, 0) is 4.79 Å². The van der Waals surface area contributed by atoms with Crippen molar-refractivity contribution in [3.8, 4) is 0 Å². The number of carbonyl (C=O) groups is 2. The summed E-state index contributed by atoms with van der Waals surface area (Å²) in [5.41, 5.74) is 1.23. The van der Waals surface area contributed by atoms with Gasteiger partial charge in [0, 0.05) is 18.5 Å². The van der Waals surface area contributed by atoms with E-state index < -0.39 is 11.9 Å². The van der Waals surface area contributed by atoms with E-state index in [0.29, 0.717) is 5.92 Å². The normalized spacial score (nSPS) is 21.7. The van der Waals surface area contributed by atoms with Crippen molar-refractivity contribution in [3.05, 3.63) is 35.9 Å². The summed E-state index contributed by atoms with van der Waals surface area (Å²) in [5.74, 6) is -1.07. The maximum Gasteiger partial charge on any atom is 0.315 e. The van der Waals surface area contributed by atoms with Crippen molar-refractivity contribution in [2.45, 2.75) is 32.2 Å². The zero-order valence-corrected chi connectivity index (χ0v) is 12.4. The Hall–Kier alpha value is -2.04. The average Bonchev–Trinajstić information content (AvgIpc) is 3.18. The van der Waals surface area contributed by atoms with Crippen LogP contribution >= 0.6 is 0 Å². The van der Waals surface area contributed by atoms with Crippen LogP contribution in [0.1, 0.15) is 31.7 Å². The summed E-state index contributed by atoms with van der Waals surface area (Å²) in [6.45, 7) is 3.83. The first-order valence-electron chi connectivity index (χ1n) is 7.31. The molecule has 3 N–H and O–H groups in total. The lowest BCUT2D eigenvalue weighted by Gasteiger charge is -2.17. The number of carboxylic acid groups (broad SMARTS) is 1. The number of hydrogen-bond acceptors (Lipinski definition) is 2. The van der Waals surface area contributed by atoms with Crippen LogP contribution in [0.3, 0.4) is 0 Å². The zero-order chi connectivity index (χ0) is 15.4. The molecule has 1 aromatic rings. The molecule has 2 rings (SSSR count). The van der Waals surface area contributed by atoms with E-state index in [1.807, 2.05) is 32.0 Å². The van der Waals surface area contributed by atoms with E-state index >= 15 is 0 Å². The molecule has 0 heterocycles. The van der Waals surface area contributed by atoms with Gasteiger partial charge in [-0.1, -0.05) is 44.2 Å². The van der Waals surface area contributed by atoms with Gasteiger partial charge < -0.3 is 15.7 Å². The molecule has 2 amide bonds. The molecule has 0 bridgehead atoms. The Kier molecular flexibility index (Phi) is 4.83. The Morgan fingerprint density at radius 2 is 1.95 bits per heavy atom.